The molecule has 1 aromatic heterocycles. The van der Waals surface area contributed by atoms with E-state index in [9.17, 15) is 0 Å². The quantitative estimate of drug-likeness (QED) is 0.344. The number of ether oxygens (including phenoxy) is 1. The van der Waals surface area contributed by atoms with E-state index in [1.54, 1.807) is 10.9 Å². The van der Waals surface area contributed by atoms with E-state index in [1.165, 1.54) is 0 Å². The van der Waals surface area contributed by atoms with Gasteiger partial charge in [0.15, 0.2) is 8.38 Å². The second-order valence-corrected chi connectivity index (χ2v) is 6.47. The van der Waals surface area contributed by atoms with Gasteiger partial charge in [-0.25, -0.2) is 0 Å². The second kappa shape index (κ2) is 10.9. The molecule has 0 aliphatic heterocycles. The molecule has 0 aliphatic carbocycles. The summed E-state index contributed by atoms with van der Waals surface area (Å²) in [7, 11) is -1.83. The summed E-state index contributed by atoms with van der Waals surface area (Å²) in [5.41, 5.74) is 13.3. The molecule has 1 heterocycles. The van der Waals surface area contributed by atoms with Crippen molar-refractivity contribution in [3.63, 3.8) is 0 Å². The van der Waals surface area contributed by atoms with Crippen LogP contribution in [0.25, 0.3) is 0 Å². The van der Waals surface area contributed by atoms with Gasteiger partial charge in [-0.1, -0.05) is 13.3 Å². The van der Waals surface area contributed by atoms with Crippen LogP contribution in [0.1, 0.15) is 25.5 Å². The molecular formula is C16H27N4O3P. The number of hydrogen-bond acceptors (Lipinski definition) is 6. The predicted octanol–water partition coefficient (Wildman–Crippen LogP) is 2.52. The summed E-state index contributed by atoms with van der Waals surface area (Å²) < 4.78 is 7.11. The van der Waals surface area contributed by atoms with Crippen LogP contribution in [0.2, 0.25) is 0 Å². The molecule has 7 nitrogen and oxygen atoms in total. The van der Waals surface area contributed by atoms with Crippen molar-refractivity contribution in [1.82, 2.24) is 9.78 Å². The van der Waals surface area contributed by atoms with Gasteiger partial charge in [0, 0.05) is 18.4 Å². The number of nitrogens with two attached hydrogens (primary N) is 2. The molecule has 2 rings (SSSR count). The SMILES string of the molecule is CCCCOc1ccc(N)cc1.Cc1c(N)cnn1CCP(O)O. The van der Waals surface area contributed by atoms with E-state index >= 15 is 0 Å². The standard InChI is InChI=1S/C10H15NO.C6H12N3O2P/c1-2-3-8-12-10-6-4-9(11)5-7-10;1-5-6(7)4-8-9(5)2-3-12(10)11/h4-7H,2-3,8,11H2,1H3;4,10-11H,2-3,7H2,1H3. The van der Waals surface area contributed by atoms with Crippen molar-refractivity contribution < 1.29 is 14.5 Å². The van der Waals surface area contributed by atoms with E-state index in [1.807, 2.05) is 31.2 Å². The molecular weight excluding hydrogens is 327 g/mol. The molecule has 8 heteroatoms. The second-order valence-electron chi connectivity index (χ2n) is 5.28. The largest absolute Gasteiger partial charge is 0.494 e. The molecule has 0 saturated heterocycles. The number of rotatable bonds is 7. The average molecular weight is 354 g/mol. The summed E-state index contributed by atoms with van der Waals surface area (Å²) >= 11 is 0. The fourth-order valence-corrected chi connectivity index (χ4v) is 2.14. The Morgan fingerprint density at radius 2 is 1.88 bits per heavy atom. The Hall–Kier alpha value is -1.82. The number of hydrogen-bond donors (Lipinski definition) is 4. The summed E-state index contributed by atoms with van der Waals surface area (Å²) in [4.78, 5) is 17.3. The molecule has 2 aromatic rings. The van der Waals surface area contributed by atoms with Gasteiger partial charge in [-0.3, -0.25) is 4.68 Å². The number of nitrogens with zero attached hydrogens (tertiary/aromatic N) is 2. The minimum absolute atomic E-state index is 0.331. The molecule has 1 aromatic carbocycles. The zero-order valence-electron chi connectivity index (χ0n) is 14.2. The Morgan fingerprint density at radius 1 is 1.21 bits per heavy atom. The molecule has 0 bridgehead atoms. The van der Waals surface area contributed by atoms with Crippen LogP contribution in [0.5, 0.6) is 5.75 Å². The van der Waals surface area contributed by atoms with Crippen LogP contribution in [-0.4, -0.2) is 32.3 Å². The van der Waals surface area contributed by atoms with Gasteiger partial charge in [-0.2, -0.15) is 5.10 Å². The van der Waals surface area contributed by atoms with Crippen LogP contribution in [-0.2, 0) is 6.54 Å². The molecule has 0 aliphatic rings. The zero-order valence-corrected chi connectivity index (χ0v) is 15.1. The first-order valence-corrected chi connectivity index (χ1v) is 9.28. The lowest BCUT2D eigenvalue weighted by Gasteiger charge is -2.04. The summed E-state index contributed by atoms with van der Waals surface area (Å²) in [5, 5.41) is 3.97. The number of aryl methyl sites for hydroxylation is 1. The van der Waals surface area contributed by atoms with Gasteiger partial charge >= 0.3 is 0 Å². The first-order valence-electron chi connectivity index (χ1n) is 7.85. The molecule has 0 amide bonds. The normalized spacial score (nSPS) is 10.4. The lowest BCUT2D eigenvalue weighted by atomic mass is 10.3. The summed E-state index contributed by atoms with van der Waals surface area (Å²) in [6.07, 6.45) is 4.16. The number of nitrogen functional groups attached to an aromatic ring is 2. The third-order valence-corrected chi connectivity index (χ3v) is 3.90. The monoisotopic (exact) mass is 354 g/mol. The number of aromatic nitrogens is 2. The maximum atomic E-state index is 8.66. The molecule has 0 saturated carbocycles. The topological polar surface area (TPSA) is 120 Å². The highest BCUT2D eigenvalue weighted by atomic mass is 31.2. The summed E-state index contributed by atoms with van der Waals surface area (Å²) in [6, 6.07) is 7.48. The highest BCUT2D eigenvalue weighted by molar-refractivity contribution is 7.45. The maximum absolute atomic E-state index is 8.66. The van der Waals surface area contributed by atoms with Crippen molar-refractivity contribution in [2.24, 2.45) is 0 Å². The smallest absolute Gasteiger partial charge is 0.166 e. The first kappa shape index (κ1) is 20.2. The van der Waals surface area contributed by atoms with Crippen molar-refractivity contribution in [3.8, 4) is 5.75 Å². The molecule has 6 N–H and O–H groups in total. The Kier molecular flexibility index (Phi) is 9.15. The third-order valence-electron chi connectivity index (χ3n) is 3.30. The Bertz CT molecular complexity index is 588. The fraction of sp³-hybridized carbons (Fsp3) is 0.438. The highest BCUT2D eigenvalue weighted by Gasteiger charge is 2.04. The van der Waals surface area contributed by atoms with Gasteiger partial charge in [0.2, 0.25) is 0 Å². The molecule has 0 spiro atoms. The van der Waals surface area contributed by atoms with E-state index < -0.39 is 8.38 Å². The van der Waals surface area contributed by atoms with Crippen molar-refractivity contribution in [2.75, 3.05) is 24.2 Å². The van der Waals surface area contributed by atoms with Crippen LogP contribution in [0.15, 0.2) is 30.5 Å². The van der Waals surface area contributed by atoms with Crippen LogP contribution in [0.3, 0.4) is 0 Å². The minimum Gasteiger partial charge on any atom is -0.494 e. The van der Waals surface area contributed by atoms with Crippen LogP contribution < -0.4 is 16.2 Å². The molecule has 0 unspecified atom stereocenters. The number of anilines is 2. The van der Waals surface area contributed by atoms with Crippen LogP contribution in [0.4, 0.5) is 11.4 Å². The summed E-state index contributed by atoms with van der Waals surface area (Å²) in [5.74, 6) is 0.901. The van der Waals surface area contributed by atoms with Crippen molar-refractivity contribution in [3.05, 3.63) is 36.2 Å². The van der Waals surface area contributed by atoms with Gasteiger partial charge in [0.25, 0.3) is 0 Å². The number of unbranched alkanes of at least 4 members (excludes halogenated alkanes) is 1. The van der Waals surface area contributed by atoms with Gasteiger partial charge in [-0.05, 0) is 37.6 Å². The van der Waals surface area contributed by atoms with Gasteiger partial charge < -0.3 is 26.0 Å². The fourth-order valence-electron chi connectivity index (χ4n) is 1.77. The van der Waals surface area contributed by atoms with Crippen molar-refractivity contribution in [2.45, 2.75) is 33.2 Å². The molecule has 0 fully saturated rings. The van der Waals surface area contributed by atoms with E-state index in [2.05, 4.69) is 12.0 Å². The molecule has 0 radical (unpaired) electrons. The Labute approximate surface area is 144 Å². The zero-order chi connectivity index (χ0) is 17.9. The van der Waals surface area contributed by atoms with Gasteiger partial charge in [0.1, 0.15) is 5.75 Å². The Balaban J connectivity index is 0.000000240. The third kappa shape index (κ3) is 7.64. The Morgan fingerprint density at radius 3 is 2.38 bits per heavy atom. The van der Waals surface area contributed by atoms with Crippen molar-refractivity contribution >= 4 is 19.8 Å². The van der Waals surface area contributed by atoms with E-state index in [0.29, 0.717) is 18.4 Å². The van der Waals surface area contributed by atoms with Crippen LogP contribution in [0, 0.1) is 6.92 Å². The van der Waals surface area contributed by atoms with Crippen LogP contribution >= 0.6 is 8.38 Å². The molecule has 24 heavy (non-hydrogen) atoms. The average Bonchev–Trinajstić information content (AvgIpc) is 2.87. The minimum atomic E-state index is -1.83. The highest BCUT2D eigenvalue weighted by Crippen LogP contribution is 2.22. The maximum Gasteiger partial charge on any atom is 0.166 e. The van der Waals surface area contributed by atoms with E-state index in [0.717, 1.165) is 36.6 Å². The van der Waals surface area contributed by atoms with Gasteiger partial charge in [0.05, 0.1) is 24.2 Å². The van der Waals surface area contributed by atoms with E-state index in [4.69, 9.17) is 26.0 Å². The lowest BCUT2D eigenvalue weighted by molar-refractivity contribution is 0.309. The van der Waals surface area contributed by atoms with Crippen molar-refractivity contribution in [1.29, 1.82) is 0 Å². The molecule has 0 atom stereocenters. The van der Waals surface area contributed by atoms with E-state index in [-0.39, 0.29) is 0 Å². The predicted molar refractivity (Wildman–Crippen MR) is 98.9 cm³/mol. The van der Waals surface area contributed by atoms with Gasteiger partial charge in [-0.15, -0.1) is 0 Å². The molecule has 134 valence electrons. The number of benzene rings is 1. The summed E-state index contributed by atoms with van der Waals surface area (Å²) in [6.45, 7) is 5.29. The lowest BCUT2D eigenvalue weighted by Crippen LogP contribution is -2.05. The first-order chi connectivity index (χ1) is 11.4.